The highest BCUT2D eigenvalue weighted by atomic mass is 16.1. The van der Waals surface area contributed by atoms with Crippen LogP contribution in [0.2, 0.25) is 0 Å². The van der Waals surface area contributed by atoms with Crippen molar-refractivity contribution in [3.8, 4) is 6.07 Å². The number of benzene rings is 1. The number of aryl methyl sites for hydroxylation is 1. The number of rotatable bonds is 4. The minimum absolute atomic E-state index is 0.00181. The van der Waals surface area contributed by atoms with Gasteiger partial charge in [-0.25, -0.2) is 0 Å². The van der Waals surface area contributed by atoms with Crippen molar-refractivity contribution in [2.24, 2.45) is 5.41 Å². The fourth-order valence-electron chi connectivity index (χ4n) is 1.90. The van der Waals surface area contributed by atoms with Crippen molar-refractivity contribution in [1.29, 1.82) is 5.26 Å². The van der Waals surface area contributed by atoms with Crippen molar-refractivity contribution in [3.63, 3.8) is 0 Å². The SMILES string of the molecule is CCCc1ccc(C(=O)C2(C#N)CC2)cc1. The number of carbonyl (C=O) groups is 1. The van der Waals surface area contributed by atoms with Gasteiger partial charge in [0, 0.05) is 5.56 Å². The molecule has 1 aromatic carbocycles. The van der Waals surface area contributed by atoms with E-state index in [4.69, 9.17) is 5.26 Å². The standard InChI is InChI=1S/C14H15NO/c1-2-3-11-4-6-12(7-5-11)13(16)14(10-15)8-9-14/h4-7H,2-3,8-9H2,1H3. The fraction of sp³-hybridized carbons (Fsp3) is 0.429. The summed E-state index contributed by atoms with van der Waals surface area (Å²) in [6.45, 7) is 2.13. The van der Waals surface area contributed by atoms with E-state index < -0.39 is 5.41 Å². The summed E-state index contributed by atoms with van der Waals surface area (Å²) in [6, 6.07) is 9.83. The van der Waals surface area contributed by atoms with Crippen LogP contribution in [0, 0.1) is 16.7 Å². The van der Waals surface area contributed by atoms with Gasteiger partial charge in [0.05, 0.1) is 6.07 Å². The third kappa shape index (κ3) is 1.86. The highest BCUT2D eigenvalue weighted by Gasteiger charge is 2.50. The van der Waals surface area contributed by atoms with Gasteiger partial charge in [0.1, 0.15) is 5.41 Å². The summed E-state index contributed by atoms with van der Waals surface area (Å²) < 4.78 is 0. The Morgan fingerprint density at radius 2 is 2.00 bits per heavy atom. The van der Waals surface area contributed by atoms with E-state index in [-0.39, 0.29) is 5.78 Å². The maximum Gasteiger partial charge on any atom is 0.183 e. The van der Waals surface area contributed by atoms with E-state index in [1.54, 1.807) is 0 Å². The Kier molecular flexibility index (Phi) is 2.78. The van der Waals surface area contributed by atoms with E-state index >= 15 is 0 Å². The smallest absolute Gasteiger partial charge is 0.183 e. The molecular weight excluding hydrogens is 198 g/mol. The van der Waals surface area contributed by atoms with Crippen LogP contribution >= 0.6 is 0 Å². The highest BCUT2D eigenvalue weighted by molar-refractivity contribution is 6.04. The first kappa shape index (κ1) is 10.9. The van der Waals surface area contributed by atoms with Crippen molar-refractivity contribution in [2.75, 3.05) is 0 Å². The number of carbonyl (C=O) groups excluding carboxylic acids is 1. The van der Waals surface area contributed by atoms with Crippen LogP contribution in [0.1, 0.15) is 42.1 Å². The number of hydrogen-bond acceptors (Lipinski definition) is 2. The first-order valence-electron chi connectivity index (χ1n) is 5.77. The molecule has 0 N–H and O–H groups in total. The molecule has 0 atom stereocenters. The lowest BCUT2D eigenvalue weighted by Crippen LogP contribution is -2.13. The van der Waals surface area contributed by atoms with Crippen LogP contribution in [0.3, 0.4) is 0 Å². The molecule has 0 bridgehead atoms. The molecule has 82 valence electrons. The normalized spacial score (nSPS) is 16.5. The number of nitriles is 1. The molecule has 16 heavy (non-hydrogen) atoms. The van der Waals surface area contributed by atoms with Crippen LogP contribution in [0.25, 0.3) is 0 Å². The van der Waals surface area contributed by atoms with Gasteiger partial charge in [-0.3, -0.25) is 4.79 Å². The van der Waals surface area contributed by atoms with E-state index in [0.29, 0.717) is 5.56 Å². The first-order chi connectivity index (χ1) is 7.72. The summed E-state index contributed by atoms with van der Waals surface area (Å²) in [5.74, 6) is -0.00181. The summed E-state index contributed by atoms with van der Waals surface area (Å²) >= 11 is 0. The second kappa shape index (κ2) is 4.09. The third-order valence-corrected chi connectivity index (χ3v) is 3.15. The summed E-state index contributed by atoms with van der Waals surface area (Å²) in [4.78, 5) is 12.0. The molecule has 0 saturated heterocycles. The van der Waals surface area contributed by atoms with Crippen LogP contribution in [0.15, 0.2) is 24.3 Å². The Balaban J connectivity index is 2.17. The summed E-state index contributed by atoms with van der Waals surface area (Å²) in [6.07, 6.45) is 3.59. The van der Waals surface area contributed by atoms with Crippen molar-refractivity contribution < 1.29 is 4.79 Å². The summed E-state index contributed by atoms with van der Waals surface area (Å²) in [7, 11) is 0. The molecule has 1 aliphatic carbocycles. The zero-order valence-electron chi connectivity index (χ0n) is 9.49. The van der Waals surface area contributed by atoms with Crippen LogP contribution in [-0.4, -0.2) is 5.78 Å². The number of nitrogens with zero attached hydrogens (tertiary/aromatic N) is 1. The molecular formula is C14H15NO. The fourth-order valence-corrected chi connectivity index (χ4v) is 1.90. The Hall–Kier alpha value is -1.62. The molecule has 0 aromatic heterocycles. The maximum absolute atomic E-state index is 12.0. The molecule has 2 nitrogen and oxygen atoms in total. The van der Waals surface area contributed by atoms with Gasteiger partial charge in [0.15, 0.2) is 5.78 Å². The molecule has 1 saturated carbocycles. The van der Waals surface area contributed by atoms with Crippen molar-refractivity contribution in [1.82, 2.24) is 0 Å². The van der Waals surface area contributed by atoms with Crippen molar-refractivity contribution >= 4 is 5.78 Å². The summed E-state index contributed by atoms with van der Waals surface area (Å²) in [5.41, 5.74) is 1.24. The van der Waals surface area contributed by atoms with E-state index in [2.05, 4.69) is 13.0 Å². The van der Waals surface area contributed by atoms with Gasteiger partial charge in [0.2, 0.25) is 0 Å². The molecule has 0 radical (unpaired) electrons. The van der Waals surface area contributed by atoms with Gasteiger partial charge < -0.3 is 0 Å². The van der Waals surface area contributed by atoms with Gasteiger partial charge in [-0.2, -0.15) is 5.26 Å². The van der Waals surface area contributed by atoms with Gasteiger partial charge in [-0.1, -0.05) is 37.6 Å². The predicted molar refractivity (Wildman–Crippen MR) is 62.0 cm³/mol. The molecule has 0 heterocycles. The maximum atomic E-state index is 12.0. The zero-order chi connectivity index (χ0) is 11.6. The van der Waals surface area contributed by atoms with Gasteiger partial charge in [-0.05, 0) is 24.8 Å². The second-order valence-electron chi connectivity index (χ2n) is 4.47. The van der Waals surface area contributed by atoms with Gasteiger partial charge >= 0.3 is 0 Å². The molecule has 2 rings (SSSR count). The summed E-state index contributed by atoms with van der Waals surface area (Å²) in [5, 5.41) is 8.96. The molecule has 1 fully saturated rings. The van der Waals surface area contributed by atoms with E-state index in [1.807, 2.05) is 24.3 Å². The molecule has 0 spiro atoms. The Morgan fingerprint density at radius 1 is 1.38 bits per heavy atom. The van der Waals surface area contributed by atoms with E-state index in [1.165, 1.54) is 5.56 Å². The molecule has 1 aromatic rings. The van der Waals surface area contributed by atoms with Gasteiger partial charge in [-0.15, -0.1) is 0 Å². The van der Waals surface area contributed by atoms with Crippen molar-refractivity contribution in [3.05, 3.63) is 35.4 Å². The molecule has 0 unspecified atom stereocenters. The Bertz CT molecular complexity index is 435. The lowest BCUT2D eigenvalue weighted by Gasteiger charge is -2.05. The Labute approximate surface area is 95.9 Å². The first-order valence-corrected chi connectivity index (χ1v) is 5.77. The second-order valence-corrected chi connectivity index (χ2v) is 4.47. The van der Waals surface area contributed by atoms with E-state index in [9.17, 15) is 4.79 Å². The lowest BCUT2D eigenvalue weighted by molar-refractivity contribution is 0.0934. The number of hydrogen-bond donors (Lipinski definition) is 0. The molecule has 0 aliphatic heterocycles. The zero-order valence-corrected chi connectivity index (χ0v) is 9.49. The number of ketones is 1. The monoisotopic (exact) mass is 213 g/mol. The average molecular weight is 213 g/mol. The largest absolute Gasteiger partial charge is 0.292 e. The van der Waals surface area contributed by atoms with E-state index in [0.717, 1.165) is 25.7 Å². The average Bonchev–Trinajstić information content (AvgIpc) is 3.10. The van der Waals surface area contributed by atoms with Crippen LogP contribution in [0.5, 0.6) is 0 Å². The van der Waals surface area contributed by atoms with Crippen LogP contribution < -0.4 is 0 Å². The highest BCUT2D eigenvalue weighted by Crippen LogP contribution is 2.47. The van der Waals surface area contributed by atoms with Crippen molar-refractivity contribution in [2.45, 2.75) is 32.6 Å². The minimum atomic E-state index is -0.688. The molecule has 1 aliphatic rings. The quantitative estimate of drug-likeness (QED) is 0.721. The Morgan fingerprint density at radius 3 is 2.44 bits per heavy atom. The topological polar surface area (TPSA) is 40.9 Å². The van der Waals surface area contributed by atoms with Gasteiger partial charge in [0.25, 0.3) is 0 Å². The van der Waals surface area contributed by atoms with Crippen LogP contribution in [-0.2, 0) is 6.42 Å². The lowest BCUT2D eigenvalue weighted by atomic mass is 9.95. The number of Topliss-reactive ketones (excluding diaryl/α,β-unsaturated/α-hetero) is 1. The predicted octanol–water partition coefficient (Wildman–Crippen LogP) is 3.13. The minimum Gasteiger partial charge on any atom is -0.292 e. The molecule has 0 amide bonds. The third-order valence-electron chi connectivity index (χ3n) is 3.15. The van der Waals surface area contributed by atoms with Crippen LogP contribution in [0.4, 0.5) is 0 Å². The molecule has 2 heteroatoms.